The van der Waals surface area contributed by atoms with Crippen molar-refractivity contribution >= 4 is 11.8 Å². The first-order chi connectivity index (χ1) is 16.3. The van der Waals surface area contributed by atoms with Crippen LogP contribution in [0.2, 0.25) is 0 Å². The molecule has 3 saturated heterocycles. The summed E-state index contributed by atoms with van der Waals surface area (Å²) < 4.78 is 5.87. The minimum Gasteiger partial charge on any atom is -0.379 e. The van der Waals surface area contributed by atoms with Gasteiger partial charge in [-0.25, -0.2) is 5.01 Å². The Labute approximate surface area is 205 Å². The number of hydrogen-bond donors (Lipinski definition) is 4. The summed E-state index contributed by atoms with van der Waals surface area (Å²) in [4.78, 5) is 26.1. The van der Waals surface area contributed by atoms with E-state index in [9.17, 15) is 9.59 Å². The largest absolute Gasteiger partial charge is 0.379 e. The molecule has 4 fully saturated rings. The summed E-state index contributed by atoms with van der Waals surface area (Å²) in [5.41, 5.74) is 3.56. The monoisotopic (exact) mass is 477 g/mol. The number of fused-ring (bicyclic) bond motifs is 1. The summed E-state index contributed by atoms with van der Waals surface area (Å²) in [6.07, 6.45) is 6.92. The third kappa shape index (κ3) is 5.61. The molecule has 0 radical (unpaired) electrons. The molecule has 0 aromatic heterocycles. The van der Waals surface area contributed by atoms with Crippen molar-refractivity contribution in [1.82, 2.24) is 26.4 Å². The number of nitrogens with zero attached hydrogens (tertiary/aromatic N) is 1. The maximum atomic E-state index is 13.6. The highest BCUT2D eigenvalue weighted by Gasteiger charge is 2.49. The van der Waals surface area contributed by atoms with Gasteiger partial charge < -0.3 is 15.4 Å². The van der Waals surface area contributed by atoms with Gasteiger partial charge in [0.1, 0.15) is 0 Å². The van der Waals surface area contributed by atoms with Crippen LogP contribution in [0.1, 0.15) is 73.1 Å². The van der Waals surface area contributed by atoms with E-state index >= 15 is 0 Å². The van der Waals surface area contributed by atoms with Crippen molar-refractivity contribution in [2.75, 3.05) is 19.7 Å². The summed E-state index contributed by atoms with van der Waals surface area (Å²) in [5.74, 6) is 1.10. The molecule has 0 aromatic carbocycles. The maximum absolute atomic E-state index is 13.6. The van der Waals surface area contributed by atoms with Crippen molar-refractivity contribution in [2.45, 2.75) is 104 Å². The quantitative estimate of drug-likeness (QED) is 0.448. The van der Waals surface area contributed by atoms with E-state index in [4.69, 9.17) is 4.74 Å². The first-order valence-corrected chi connectivity index (χ1v) is 13.8. The molecule has 194 valence electrons. The zero-order valence-electron chi connectivity index (χ0n) is 21.8. The fraction of sp³-hybridized carbons (Fsp3) is 0.923. The minimum atomic E-state index is -0.142. The molecular weight excluding hydrogens is 430 g/mol. The van der Waals surface area contributed by atoms with E-state index in [-0.39, 0.29) is 47.7 Å². The number of piperidine rings is 2. The predicted molar refractivity (Wildman–Crippen MR) is 133 cm³/mol. The van der Waals surface area contributed by atoms with Crippen molar-refractivity contribution in [3.8, 4) is 0 Å². The number of hydrazine groups is 1. The Balaban J connectivity index is 1.42. The van der Waals surface area contributed by atoms with E-state index in [1.165, 1.54) is 0 Å². The van der Waals surface area contributed by atoms with E-state index in [1.807, 2.05) is 6.92 Å². The molecule has 3 aliphatic heterocycles. The molecule has 4 N–H and O–H groups in total. The molecule has 4 aliphatic rings. The van der Waals surface area contributed by atoms with Gasteiger partial charge in [-0.2, -0.15) is 0 Å². The zero-order chi connectivity index (χ0) is 24.4. The van der Waals surface area contributed by atoms with Crippen LogP contribution in [0, 0.1) is 29.6 Å². The number of hydrogen-bond acceptors (Lipinski definition) is 6. The Morgan fingerprint density at radius 2 is 1.91 bits per heavy atom. The minimum absolute atomic E-state index is 0.0435. The normalized spacial score (nSPS) is 41.2. The van der Waals surface area contributed by atoms with Crippen molar-refractivity contribution in [2.24, 2.45) is 29.6 Å². The highest BCUT2D eigenvalue weighted by atomic mass is 16.5. The van der Waals surface area contributed by atoms with Crippen LogP contribution < -0.4 is 21.4 Å². The van der Waals surface area contributed by atoms with Gasteiger partial charge >= 0.3 is 0 Å². The SMILES string of the molecule is CCOC1CCC(C2CC(C(=O)NCC3C(=O)NC(C)CC3C)C3CNN(C(C)C)C3N2)CC1. The van der Waals surface area contributed by atoms with E-state index < -0.39 is 0 Å². The lowest BCUT2D eigenvalue weighted by Gasteiger charge is -2.45. The summed E-state index contributed by atoms with van der Waals surface area (Å²) in [6, 6.07) is 0.899. The lowest BCUT2D eigenvalue weighted by Crippen LogP contribution is -2.62. The second kappa shape index (κ2) is 11.2. The van der Waals surface area contributed by atoms with Gasteiger partial charge in [0.2, 0.25) is 11.8 Å². The molecule has 8 nitrogen and oxygen atoms in total. The van der Waals surface area contributed by atoms with Crippen LogP contribution in [0.4, 0.5) is 0 Å². The van der Waals surface area contributed by atoms with Crippen LogP contribution in [0.15, 0.2) is 0 Å². The standard InChI is InChI=1S/C26H47N5O3/c1-6-34-19-9-7-18(8-10-19)23-12-20(22-14-28-31(15(2)3)24(22)30-23)25(32)27-13-21-16(4)11-17(5)29-26(21)33/h15-24,28,30H,6-14H2,1-5H3,(H,27,32)(H,29,33). The van der Waals surface area contributed by atoms with Gasteiger partial charge in [-0.3, -0.25) is 20.3 Å². The smallest absolute Gasteiger partial charge is 0.225 e. The van der Waals surface area contributed by atoms with Gasteiger partial charge in [-0.15, -0.1) is 0 Å². The van der Waals surface area contributed by atoms with Gasteiger partial charge in [0.25, 0.3) is 0 Å². The molecule has 3 heterocycles. The number of ether oxygens (including phenoxy) is 1. The molecule has 8 heteroatoms. The lowest BCUT2D eigenvalue weighted by molar-refractivity contribution is -0.132. The molecule has 2 amide bonds. The van der Waals surface area contributed by atoms with E-state index in [2.05, 4.69) is 54.1 Å². The van der Waals surface area contributed by atoms with Crippen LogP contribution in [-0.2, 0) is 14.3 Å². The summed E-state index contributed by atoms with van der Waals surface area (Å²) in [5, 5.41) is 12.5. The number of rotatable bonds is 7. The van der Waals surface area contributed by atoms with Crippen LogP contribution >= 0.6 is 0 Å². The highest BCUT2D eigenvalue weighted by Crippen LogP contribution is 2.38. The third-order valence-electron chi connectivity index (χ3n) is 8.84. The van der Waals surface area contributed by atoms with Crippen molar-refractivity contribution in [3.63, 3.8) is 0 Å². The molecule has 1 saturated carbocycles. The zero-order valence-corrected chi connectivity index (χ0v) is 21.8. The Bertz CT molecular complexity index is 711. The summed E-state index contributed by atoms with van der Waals surface area (Å²) in [6.45, 7) is 12.7. The molecule has 4 rings (SSSR count). The van der Waals surface area contributed by atoms with Gasteiger partial charge in [0, 0.05) is 49.7 Å². The molecule has 1 aliphatic carbocycles. The van der Waals surface area contributed by atoms with E-state index in [0.29, 0.717) is 30.7 Å². The molecule has 7 atom stereocenters. The predicted octanol–water partition coefficient (Wildman–Crippen LogP) is 2.01. The van der Waals surface area contributed by atoms with E-state index in [0.717, 1.165) is 51.7 Å². The van der Waals surface area contributed by atoms with Crippen molar-refractivity contribution in [1.29, 1.82) is 0 Å². The van der Waals surface area contributed by atoms with Gasteiger partial charge in [-0.1, -0.05) is 6.92 Å². The molecule has 0 spiro atoms. The summed E-state index contributed by atoms with van der Waals surface area (Å²) in [7, 11) is 0. The number of carbonyl (C=O) groups is 2. The van der Waals surface area contributed by atoms with Crippen LogP contribution in [0.5, 0.6) is 0 Å². The third-order valence-corrected chi connectivity index (χ3v) is 8.84. The Hall–Kier alpha value is -1.22. The number of amides is 2. The van der Waals surface area contributed by atoms with Crippen LogP contribution in [0.3, 0.4) is 0 Å². The molecular formula is C26H47N5O3. The average Bonchev–Trinajstić information content (AvgIpc) is 3.22. The van der Waals surface area contributed by atoms with Crippen LogP contribution in [0.25, 0.3) is 0 Å². The average molecular weight is 478 g/mol. The lowest BCUT2D eigenvalue weighted by atomic mass is 9.73. The van der Waals surface area contributed by atoms with Crippen molar-refractivity contribution < 1.29 is 14.3 Å². The number of nitrogens with one attached hydrogen (secondary N) is 4. The molecule has 0 bridgehead atoms. The highest BCUT2D eigenvalue weighted by molar-refractivity contribution is 5.83. The summed E-state index contributed by atoms with van der Waals surface area (Å²) >= 11 is 0. The molecule has 0 aromatic rings. The fourth-order valence-corrected chi connectivity index (χ4v) is 6.98. The first-order valence-electron chi connectivity index (χ1n) is 13.8. The molecule has 7 unspecified atom stereocenters. The second-order valence-electron chi connectivity index (χ2n) is 11.6. The van der Waals surface area contributed by atoms with Gasteiger partial charge in [0.05, 0.1) is 18.2 Å². The van der Waals surface area contributed by atoms with E-state index in [1.54, 1.807) is 0 Å². The Kier molecular flexibility index (Phi) is 8.54. The van der Waals surface area contributed by atoms with Crippen LogP contribution in [-0.4, -0.2) is 66.9 Å². The Morgan fingerprint density at radius 1 is 1.18 bits per heavy atom. The van der Waals surface area contributed by atoms with Gasteiger partial charge in [0.15, 0.2) is 0 Å². The Morgan fingerprint density at radius 3 is 2.56 bits per heavy atom. The maximum Gasteiger partial charge on any atom is 0.225 e. The van der Waals surface area contributed by atoms with Gasteiger partial charge in [-0.05, 0) is 78.1 Å². The number of carbonyl (C=O) groups excluding carboxylic acids is 2. The van der Waals surface area contributed by atoms with Crippen molar-refractivity contribution in [3.05, 3.63) is 0 Å². The first kappa shape index (κ1) is 25.9. The molecule has 34 heavy (non-hydrogen) atoms. The topological polar surface area (TPSA) is 94.7 Å². The second-order valence-corrected chi connectivity index (χ2v) is 11.6. The fourth-order valence-electron chi connectivity index (χ4n) is 6.98.